The van der Waals surface area contributed by atoms with Crippen LogP contribution in [0.3, 0.4) is 0 Å². The molecule has 0 aromatic carbocycles. The molecule has 0 saturated carbocycles. The predicted octanol–water partition coefficient (Wildman–Crippen LogP) is 1.03. The van der Waals surface area contributed by atoms with Crippen LogP contribution in [0.25, 0.3) is 0 Å². The van der Waals surface area contributed by atoms with E-state index >= 15 is 0 Å². The van der Waals surface area contributed by atoms with Crippen LogP contribution in [0, 0.1) is 0 Å². The van der Waals surface area contributed by atoms with Gasteiger partial charge in [0.05, 0.1) is 5.56 Å². The smallest absolute Gasteiger partial charge is 0.269 e. The second-order valence-corrected chi connectivity index (χ2v) is 4.32. The summed E-state index contributed by atoms with van der Waals surface area (Å²) in [6, 6.07) is 8.58. The zero-order chi connectivity index (χ0) is 14.9. The number of hydrogen-bond donors (Lipinski definition) is 2. The van der Waals surface area contributed by atoms with Crippen LogP contribution in [0.2, 0.25) is 0 Å². The average molecular weight is 284 g/mol. The molecule has 0 atom stereocenters. The van der Waals surface area contributed by atoms with E-state index in [0.29, 0.717) is 30.8 Å². The van der Waals surface area contributed by atoms with Crippen LogP contribution in [-0.4, -0.2) is 34.9 Å². The van der Waals surface area contributed by atoms with Crippen LogP contribution in [0.1, 0.15) is 27.3 Å². The monoisotopic (exact) mass is 284 g/mol. The van der Waals surface area contributed by atoms with E-state index in [2.05, 4.69) is 20.6 Å². The zero-order valence-corrected chi connectivity index (χ0v) is 11.5. The third-order valence-corrected chi connectivity index (χ3v) is 2.75. The van der Waals surface area contributed by atoms with Crippen molar-refractivity contribution in [3.05, 3.63) is 60.2 Å². The topological polar surface area (TPSA) is 84.0 Å². The first kappa shape index (κ1) is 14.6. The van der Waals surface area contributed by atoms with Gasteiger partial charge in [0, 0.05) is 31.7 Å². The van der Waals surface area contributed by atoms with Crippen LogP contribution < -0.4 is 10.6 Å². The fourth-order valence-corrected chi connectivity index (χ4v) is 1.68. The van der Waals surface area contributed by atoms with Gasteiger partial charge >= 0.3 is 0 Å². The molecule has 0 spiro atoms. The summed E-state index contributed by atoms with van der Waals surface area (Å²) in [5.74, 6) is -0.381. The molecular formula is C15H16N4O2. The van der Waals surface area contributed by atoms with Crippen LogP contribution in [-0.2, 0) is 0 Å². The average Bonchev–Trinajstić information content (AvgIpc) is 2.55. The van der Waals surface area contributed by atoms with Gasteiger partial charge in [-0.1, -0.05) is 6.07 Å². The third-order valence-electron chi connectivity index (χ3n) is 2.75. The van der Waals surface area contributed by atoms with Crippen molar-refractivity contribution in [2.75, 3.05) is 13.1 Å². The lowest BCUT2D eigenvalue weighted by molar-refractivity contribution is 0.0948. The molecule has 0 aliphatic heterocycles. The highest BCUT2D eigenvalue weighted by Crippen LogP contribution is 1.95. The first-order valence-corrected chi connectivity index (χ1v) is 6.65. The molecule has 2 rings (SSSR count). The molecule has 108 valence electrons. The lowest BCUT2D eigenvalue weighted by Gasteiger charge is -2.06. The standard InChI is InChI=1S/C15H16N4O2/c20-14(12-5-3-7-16-11-12)18-9-4-10-19-15(21)13-6-1-2-8-17-13/h1-3,5-8,11H,4,9-10H2,(H,18,20)(H,19,21). The normalized spacial score (nSPS) is 9.90. The summed E-state index contributed by atoms with van der Waals surface area (Å²) in [5, 5.41) is 5.51. The molecule has 2 aromatic heterocycles. The molecule has 0 unspecified atom stereocenters. The molecule has 6 heteroatoms. The molecular weight excluding hydrogens is 268 g/mol. The lowest BCUT2D eigenvalue weighted by Crippen LogP contribution is -2.30. The molecule has 2 heterocycles. The Morgan fingerprint density at radius 1 is 0.952 bits per heavy atom. The first-order valence-electron chi connectivity index (χ1n) is 6.65. The number of pyridine rings is 2. The van der Waals surface area contributed by atoms with Gasteiger partial charge in [0.15, 0.2) is 0 Å². The predicted molar refractivity (Wildman–Crippen MR) is 77.8 cm³/mol. The van der Waals surface area contributed by atoms with Gasteiger partial charge < -0.3 is 10.6 Å². The maximum absolute atomic E-state index is 11.7. The largest absolute Gasteiger partial charge is 0.352 e. The molecule has 0 radical (unpaired) electrons. The molecule has 6 nitrogen and oxygen atoms in total. The summed E-state index contributed by atoms with van der Waals surface area (Å²) in [7, 11) is 0. The van der Waals surface area contributed by atoms with Crippen molar-refractivity contribution in [3.8, 4) is 0 Å². The highest BCUT2D eigenvalue weighted by atomic mass is 16.2. The molecule has 21 heavy (non-hydrogen) atoms. The van der Waals surface area contributed by atoms with Crippen molar-refractivity contribution in [2.45, 2.75) is 6.42 Å². The van der Waals surface area contributed by atoms with E-state index in [0.717, 1.165) is 0 Å². The molecule has 2 aromatic rings. The number of rotatable bonds is 6. The van der Waals surface area contributed by atoms with Gasteiger partial charge in [-0.2, -0.15) is 0 Å². The van der Waals surface area contributed by atoms with Gasteiger partial charge in [0.1, 0.15) is 5.69 Å². The van der Waals surface area contributed by atoms with Gasteiger partial charge in [-0.15, -0.1) is 0 Å². The van der Waals surface area contributed by atoms with Crippen LogP contribution in [0.15, 0.2) is 48.9 Å². The Labute approximate surface area is 122 Å². The quantitative estimate of drug-likeness (QED) is 0.776. The van der Waals surface area contributed by atoms with Crippen LogP contribution in [0.4, 0.5) is 0 Å². The highest BCUT2D eigenvalue weighted by Gasteiger charge is 2.06. The summed E-state index contributed by atoms with van der Waals surface area (Å²) >= 11 is 0. The fraction of sp³-hybridized carbons (Fsp3) is 0.200. The van der Waals surface area contributed by atoms with Crippen molar-refractivity contribution in [1.29, 1.82) is 0 Å². The number of nitrogens with zero attached hydrogens (tertiary/aromatic N) is 2. The van der Waals surface area contributed by atoms with Crippen molar-refractivity contribution in [2.24, 2.45) is 0 Å². The van der Waals surface area contributed by atoms with E-state index < -0.39 is 0 Å². The maximum Gasteiger partial charge on any atom is 0.269 e. The SMILES string of the molecule is O=C(NCCCNC(=O)c1ccccn1)c1cccnc1. The minimum absolute atomic E-state index is 0.167. The Morgan fingerprint density at radius 2 is 1.76 bits per heavy atom. The van der Waals surface area contributed by atoms with E-state index in [1.165, 1.54) is 6.20 Å². The zero-order valence-electron chi connectivity index (χ0n) is 11.5. The van der Waals surface area contributed by atoms with E-state index in [1.807, 2.05) is 0 Å². The first-order chi connectivity index (χ1) is 10.3. The molecule has 0 saturated heterocycles. The molecule has 0 fully saturated rings. The van der Waals surface area contributed by atoms with Gasteiger partial charge in [-0.3, -0.25) is 19.6 Å². The van der Waals surface area contributed by atoms with Crippen LogP contribution >= 0.6 is 0 Å². The van der Waals surface area contributed by atoms with Crippen molar-refractivity contribution in [3.63, 3.8) is 0 Å². The lowest BCUT2D eigenvalue weighted by atomic mass is 10.2. The molecule has 0 aliphatic carbocycles. The summed E-state index contributed by atoms with van der Waals surface area (Å²) in [4.78, 5) is 31.2. The van der Waals surface area contributed by atoms with E-state index in [4.69, 9.17) is 0 Å². The molecule has 2 amide bonds. The molecule has 2 N–H and O–H groups in total. The van der Waals surface area contributed by atoms with Gasteiger partial charge in [-0.25, -0.2) is 0 Å². The number of carbonyl (C=O) groups is 2. The van der Waals surface area contributed by atoms with Crippen molar-refractivity contribution in [1.82, 2.24) is 20.6 Å². The third kappa shape index (κ3) is 4.68. The Morgan fingerprint density at radius 3 is 2.43 bits per heavy atom. The number of nitrogens with one attached hydrogen (secondary N) is 2. The van der Waals surface area contributed by atoms with Gasteiger partial charge in [0.25, 0.3) is 11.8 Å². The summed E-state index contributed by atoms with van der Waals surface area (Å²) < 4.78 is 0. The Kier molecular flexibility index (Phi) is 5.40. The fourth-order valence-electron chi connectivity index (χ4n) is 1.68. The molecule has 0 aliphatic rings. The minimum atomic E-state index is -0.214. The second kappa shape index (κ2) is 7.74. The van der Waals surface area contributed by atoms with Crippen LogP contribution in [0.5, 0.6) is 0 Å². The highest BCUT2D eigenvalue weighted by molar-refractivity contribution is 5.93. The number of amides is 2. The Bertz CT molecular complexity index is 534. The number of aromatic nitrogens is 2. The van der Waals surface area contributed by atoms with Crippen molar-refractivity contribution >= 4 is 11.8 Å². The number of carbonyl (C=O) groups excluding carboxylic acids is 2. The van der Waals surface area contributed by atoms with E-state index in [1.54, 1.807) is 42.7 Å². The number of hydrogen-bond acceptors (Lipinski definition) is 4. The minimum Gasteiger partial charge on any atom is -0.352 e. The van der Waals surface area contributed by atoms with E-state index in [9.17, 15) is 9.59 Å². The van der Waals surface area contributed by atoms with Gasteiger partial charge in [0.2, 0.25) is 0 Å². The maximum atomic E-state index is 11.7. The Balaban J connectivity index is 1.64. The van der Waals surface area contributed by atoms with Gasteiger partial charge in [-0.05, 0) is 30.7 Å². The van der Waals surface area contributed by atoms with E-state index in [-0.39, 0.29) is 11.8 Å². The second-order valence-electron chi connectivity index (χ2n) is 4.32. The summed E-state index contributed by atoms with van der Waals surface area (Å²) in [6.07, 6.45) is 5.34. The van der Waals surface area contributed by atoms with Crippen molar-refractivity contribution < 1.29 is 9.59 Å². The summed E-state index contributed by atoms with van der Waals surface area (Å²) in [6.45, 7) is 0.957. The Hall–Kier alpha value is -2.76. The molecule has 0 bridgehead atoms. The summed E-state index contributed by atoms with van der Waals surface area (Å²) in [5.41, 5.74) is 0.909.